The number of hydrogen-bond acceptors (Lipinski definition) is 2. The molecule has 6 aromatic rings. The third kappa shape index (κ3) is 7.32. The van der Waals surface area contributed by atoms with Gasteiger partial charge in [0.05, 0.1) is 0 Å². The zero-order chi connectivity index (χ0) is 44.4. The van der Waals surface area contributed by atoms with Gasteiger partial charge in [0.2, 0.25) is 0 Å². The first-order valence-electron chi connectivity index (χ1n) is 23.1. The first-order valence-corrected chi connectivity index (χ1v) is 38.5. The maximum atomic E-state index is 9.17. The summed E-state index contributed by atoms with van der Waals surface area (Å²) >= 11 is -5.48. The van der Waals surface area contributed by atoms with Crippen LogP contribution >= 0.6 is 17.0 Å². The monoisotopic (exact) mass is 956 g/mol. The van der Waals surface area contributed by atoms with Gasteiger partial charge in [0.1, 0.15) is 0 Å². The summed E-state index contributed by atoms with van der Waals surface area (Å²) in [7, 11) is 18.3. The van der Waals surface area contributed by atoms with Crippen LogP contribution in [0.4, 0.5) is 0 Å². The summed E-state index contributed by atoms with van der Waals surface area (Å²) in [5.41, 5.74) is 21.3. The number of allylic oxidation sites excluding steroid dienone is 2. The minimum atomic E-state index is -5.48. The molecule has 0 radical (unpaired) electrons. The van der Waals surface area contributed by atoms with Crippen LogP contribution in [0.1, 0.15) is 139 Å². The molecular formula is C56H64Cl2O2SiZr. The van der Waals surface area contributed by atoms with Crippen LogP contribution < -0.4 is 0 Å². The summed E-state index contributed by atoms with van der Waals surface area (Å²) in [5.74, 6) is 3.62. The first-order chi connectivity index (χ1) is 29.6. The Kier molecular flexibility index (Phi) is 12.5. The van der Waals surface area contributed by atoms with Gasteiger partial charge >= 0.3 is 383 Å². The summed E-state index contributed by atoms with van der Waals surface area (Å²) in [5, 5.41) is 0. The first kappa shape index (κ1) is 45.2. The second kappa shape index (κ2) is 17.2. The Hall–Kier alpha value is -3.40. The molecular weight excluding hydrogens is 895 g/mol. The second-order valence-electron chi connectivity index (χ2n) is 18.3. The van der Waals surface area contributed by atoms with Crippen LogP contribution in [0.15, 0.2) is 81.6 Å². The van der Waals surface area contributed by atoms with Crippen LogP contribution in [0, 0.1) is 27.7 Å². The van der Waals surface area contributed by atoms with Crippen molar-refractivity contribution in [2.24, 2.45) is 0 Å². The number of hydrogen-bond donors (Lipinski definition) is 0. The molecule has 6 heteroatoms. The summed E-state index contributed by atoms with van der Waals surface area (Å²) in [6, 6.07) is 28.4. The van der Waals surface area contributed by atoms with Crippen molar-refractivity contribution < 1.29 is 23.8 Å². The van der Waals surface area contributed by atoms with Crippen molar-refractivity contribution in [3.05, 3.63) is 163 Å². The number of aryl methyl sites for hydroxylation is 10. The Bertz CT molecular complexity index is 2640. The van der Waals surface area contributed by atoms with Crippen LogP contribution in [-0.4, -0.2) is 5.43 Å². The second-order valence-corrected chi connectivity index (χ2v) is 57.1. The number of furan rings is 2. The van der Waals surface area contributed by atoms with Gasteiger partial charge in [0.25, 0.3) is 0 Å². The van der Waals surface area contributed by atoms with E-state index in [0.717, 1.165) is 83.8 Å². The Morgan fingerprint density at radius 1 is 0.500 bits per heavy atom. The van der Waals surface area contributed by atoms with Crippen LogP contribution in [0.2, 0.25) is 13.1 Å². The van der Waals surface area contributed by atoms with Gasteiger partial charge in [-0.15, -0.1) is 0 Å². The normalized spacial score (nSPS) is 16.1. The van der Waals surface area contributed by atoms with Crippen LogP contribution in [0.3, 0.4) is 0 Å². The molecule has 0 N–H and O–H groups in total. The molecule has 0 aliphatic heterocycles. The quantitative estimate of drug-likeness (QED) is 0.114. The van der Waals surface area contributed by atoms with Crippen LogP contribution in [0.5, 0.6) is 0 Å². The molecule has 0 fully saturated rings. The average molecular weight is 959 g/mol. The Morgan fingerprint density at radius 2 is 0.855 bits per heavy atom. The van der Waals surface area contributed by atoms with E-state index in [9.17, 15) is 17.0 Å². The number of halogens is 2. The number of fused-ring (bicyclic) bond motifs is 2. The van der Waals surface area contributed by atoms with Crippen molar-refractivity contribution >= 4 is 45.8 Å². The predicted molar refractivity (Wildman–Crippen MR) is 267 cm³/mol. The standard InChI is InChI=1S/2C27H29O.C2H6Si.2ClH.Zr/c2*1-6-19-12-20(7-2)14-24(13-19)27-21(8-3)9-10-22-15-23(16-25(22)27)26-11-17(4)18(5)28-26;1-3-2;;;/h2*9-16H,6-8H2,1-5H3;1-2H3;2*1H;/q;;;;;+2/p-2. The van der Waals surface area contributed by atoms with E-state index in [1.807, 2.05) is 0 Å². The molecule has 8 rings (SSSR count). The summed E-state index contributed by atoms with van der Waals surface area (Å²) in [6.07, 6.45) is 10.7. The molecule has 4 aromatic carbocycles. The van der Waals surface area contributed by atoms with E-state index >= 15 is 0 Å². The van der Waals surface area contributed by atoms with E-state index in [4.69, 9.17) is 8.83 Å². The SMILES string of the molecule is CCc1cc(CC)cc(-c2c(CC)ccc3c2C=C(c2cc(C)c(C)o2)[CH]3[Zr]([Cl])([Cl])([CH]2C(c3cc(C)c(C)o3)=Cc3c2ccc(CC)c3-c2cc(CC)cc(CC)c2)=[Si](C)C)c1. The van der Waals surface area contributed by atoms with E-state index < -0.39 is 20.4 Å². The molecule has 0 bridgehead atoms. The van der Waals surface area contributed by atoms with E-state index in [-0.39, 0.29) is 7.25 Å². The molecule has 0 amide bonds. The van der Waals surface area contributed by atoms with Crippen LogP contribution in [0.25, 0.3) is 45.6 Å². The fraction of sp³-hybridized carbons (Fsp3) is 0.357. The summed E-state index contributed by atoms with van der Waals surface area (Å²) in [6.45, 7) is 26.8. The summed E-state index contributed by atoms with van der Waals surface area (Å²) < 4.78 is 13.1. The average Bonchev–Trinajstić information content (AvgIpc) is 4.05. The van der Waals surface area contributed by atoms with E-state index in [1.165, 1.54) is 77.9 Å². The third-order valence-corrected chi connectivity index (χ3v) is 60.8. The van der Waals surface area contributed by atoms with E-state index in [0.29, 0.717) is 0 Å². The molecule has 2 aliphatic carbocycles. The molecule has 2 unspecified atom stereocenters. The Morgan fingerprint density at radius 3 is 1.13 bits per heavy atom. The van der Waals surface area contributed by atoms with Crippen molar-refractivity contribution in [2.75, 3.05) is 0 Å². The molecule has 322 valence electrons. The molecule has 62 heavy (non-hydrogen) atoms. The van der Waals surface area contributed by atoms with Gasteiger partial charge in [0.15, 0.2) is 0 Å². The van der Waals surface area contributed by atoms with Gasteiger partial charge in [0, 0.05) is 0 Å². The number of rotatable bonds is 12. The number of benzene rings is 4. The zero-order valence-corrected chi connectivity index (χ0v) is 44.0. The predicted octanol–water partition coefficient (Wildman–Crippen LogP) is 17.0. The molecule has 2 aliphatic rings. The van der Waals surface area contributed by atoms with E-state index in [1.54, 1.807) is 0 Å². The van der Waals surface area contributed by atoms with Crippen LogP contribution in [-0.2, 0) is 53.5 Å². The molecule has 2 nitrogen and oxygen atoms in total. The van der Waals surface area contributed by atoms with E-state index in [2.05, 4.69) is 167 Å². The van der Waals surface area contributed by atoms with Crippen molar-refractivity contribution in [3.8, 4) is 22.3 Å². The molecule has 2 aromatic heterocycles. The molecule has 0 spiro atoms. The van der Waals surface area contributed by atoms with Crippen molar-refractivity contribution in [1.82, 2.24) is 0 Å². The van der Waals surface area contributed by atoms with Gasteiger partial charge < -0.3 is 0 Å². The van der Waals surface area contributed by atoms with Crippen molar-refractivity contribution in [3.63, 3.8) is 0 Å². The topological polar surface area (TPSA) is 26.3 Å². The van der Waals surface area contributed by atoms with Crippen molar-refractivity contribution in [2.45, 2.75) is 128 Å². The third-order valence-electron chi connectivity index (χ3n) is 14.6. The molecule has 0 saturated carbocycles. The molecule has 2 heterocycles. The molecule has 0 saturated heterocycles. The fourth-order valence-electron chi connectivity index (χ4n) is 10.6. The Labute approximate surface area is 379 Å². The van der Waals surface area contributed by atoms with Crippen molar-refractivity contribution in [1.29, 1.82) is 0 Å². The zero-order valence-electron chi connectivity index (χ0n) is 39.1. The van der Waals surface area contributed by atoms with Gasteiger partial charge in [-0.3, -0.25) is 0 Å². The van der Waals surface area contributed by atoms with Gasteiger partial charge in [-0.05, 0) is 0 Å². The maximum absolute atomic E-state index is 9.17. The summed E-state index contributed by atoms with van der Waals surface area (Å²) in [4.78, 5) is 0. The van der Waals surface area contributed by atoms with Gasteiger partial charge in [-0.25, -0.2) is 0 Å². The fourth-order valence-corrected chi connectivity index (χ4v) is 38.3. The Balaban J connectivity index is 1.49. The molecule has 2 atom stereocenters. The van der Waals surface area contributed by atoms with Gasteiger partial charge in [-0.1, -0.05) is 0 Å². The van der Waals surface area contributed by atoms with Gasteiger partial charge in [-0.2, -0.15) is 0 Å². The minimum absolute atomic E-state index is 0.228.